The fourth-order valence-corrected chi connectivity index (χ4v) is 0.670. The highest BCUT2D eigenvalue weighted by atomic mass is 16.5. The minimum Gasteiger partial charge on any atom is -0.466 e. The van der Waals surface area contributed by atoms with Gasteiger partial charge in [-0.1, -0.05) is 0 Å². The molecule has 0 aromatic heterocycles. The molecule has 0 aromatic rings. The van der Waals surface area contributed by atoms with E-state index < -0.39 is 0 Å². The number of carbonyl (C=O) groups is 3. The van der Waals surface area contributed by atoms with Crippen LogP contribution < -0.4 is 0 Å². The van der Waals surface area contributed by atoms with Crippen LogP contribution in [-0.2, 0) is 23.9 Å². The van der Waals surface area contributed by atoms with E-state index in [1.54, 1.807) is 13.8 Å². The fraction of sp³-hybridized carbons (Fsp3) is 0.727. The Bertz CT molecular complexity index is 200. The summed E-state index contributed by atoms with van der Waals surface area (Å²) in [4.78, 5) is 30.9. The van der Waals surface area contributed by atoms with Crippen molar-refractivity contribution in [2.45, 2.75) is 40.5 Å². The van der Waals surface area contributed by atoms with Crippen molar-refractivity contribution in [1.82, 2.24) is 0 Å². The van der Waals surface area contributed by atoms with E-state index in [4.69, 9.17) is 0 Å². The van der Waals surface area contributed by atoms with Gasteiger partial charge in [0.15, 0.2) is 0 Å². The third-order valence-corrected chi connectivity index (χ3v) is 1.14. The number of Topliss-reactive ketones (excluding diaryl/α,β-unsaturated/α-hetero) is 1. The van der Waals surface area contributed by atoms with Crippen LogP contribution in [0.5, 0.6) is 0 Å². The van der Waals surface area contributed by atoms with Crippen LogP contribution >= 0.6 is 0 Å². The smallest absolute Gasteiger partial charge is 0.306 e. The molecule has 0 fully saturated rings. The van der Waals surface area contributed by atoms with Gasteiger partial charge in [0.1, 0.15) is 5.78 Å². The van der Waals surface area contributed by atoms with Crippen molar-refractivity contribution in [2.24, 2.45) is 0 Å². The van der Waals surface area contributed by atoms with Crippen LogP contribution in [0.25, 0.3) is 0 Å². The molecule has 0 aromatic carbocycles. The van der Waals surface area contributed by atoms with Crippen LogP contribution in [0.1, 0.15) is 40.5 Å². The first kappa shape index (κ1) is 17.0. The molecule has 0 saturated heterocycles. The Morgan fingerprint density at radius 2 is 1.06 bits per heavy atom. The standard InChI is InChI=1S/C8H14O4.C3H6O/c1-3-11-7(9)5-6-8(10)12-4-2;1-3(2)4/h3-6H2,1-2H3;1-2H3. The van der Waals surface area contributed by atoms with Crippen molar-refractivity contribution in [3.63, 3.8) is 0 Å². The van der Waals surface area contributed by atoms with E-state index in [-0.39, 0.29) is 30.6 Å². The Labute approximate surface area is 96.1 Å². The van der Waals surface area contributed by atoms with Crippen molar-refractivity contribution in [3.05, 3.63) is 0 Å². The lowest BCUT2D eigenvalue weighted by Gasteiger charge is -2.01. The molecule has 0 radical (unpaired) electrons. The van der Waals surface area contributed by atoms with E-state index in [0.29, 0.717) is 13.2 Å². The summed E-state index contributed by atoms with van der Waals surface area (Å²) in [6.45, 7) is 7.20. The summed E-state index contributed by atoms with van der Waals surface area (Å²) in [5.74, 6) is -0.545. The van der Waals surface area contributed by atoms with Gasteiger partial charge in [-0.3, -0.25) is 9.59 Å². The molecule has 0 N–H and O–H groups in total. The van der Waals surface area contributed by atoms with Gasteiger partial charge in [0, 0.05) is 0 Å². The lowest BCUT2D eigenvalue weighted by molar-refractivity contribution is -0.149. The number of esters is 2. The van der Waals surface area contributed by atoms with Gasteiger partial charge in [-0.15, -0.1) is 0 Å². The molecule has 0 aliphatic carbocycles. The molecule has 0 heterocycles. The average Bonchev–Trinajstić information content (AvgIpc) is 2.15. The topological polar surface area (TPSA) is 69.7 Å². The van der Waals surface area contributed by atoms with Gasteiger partial charge in [0.2, 0.25) is 0 Å². The summed E-state index contributed by atoms with van der Waals surface area (Å²) in [5.41, 5.74) is 0. The summed E-state index contributed by atoms with van der Waals surface area (Å²) in [5, 5.41) is 0. The third kappa shape index (κ3) is 18.4. The number of hydrogen-bond acceptors (Lipinski definition) is 5. The lowest BCUT2D eigenvalue weighted by atomic mass is 10.3. The molecular weight excluding hydrogens is 212 g/mol. The molecule has 0 aliphatic rings. The molecule has 5 heteroatoms. The molecule has 16 heavy (non-hydrogen) atoms. The molecule has 0 unspecified atom stereocenters. The molecule has 0 atom stereocenters. The summed E-state index contributed by atoms with van der Waals surface area (Å²) in [7, 11) is 0. The Morgan fingerprint density at radius 1 is 0.812 bits per heavy atom. The maximum Gasteiger partial charge on any atom is 0.306 e. The number of rotatable bonds is 5. The highest BCUT2D eigenvalue weighted by molar-refractivity contribution is 5.77. The summed E-state index contributed by atoms with van der Waals surface area (Å²) >= 11 is 0. The first-order valence-corrected chi connectivity index (χ1v) is 5.22. The van der Waals surface area contributed by atoms with Crippen LogP contribution in [-0.4, -0.2) is 30.9 Å². The Kier molecular flexibility index (Phi) is 12.4. The Balaban J connectivity index is 0. The van der Waals surface area contributed by atoms with Crippen LogP contribution in [0.3, 0.4) is 0 Å². The van der Waals surface area contributed by atoms with Crippen molar-refractivity contribution < 1.29 is 23.9 Å². The zero-order chi connectivity index (χ0) is 13.0. The Morgan fingerprint density at radius 3 is 1.25 bits per heavy atom. The predicted molar refractivity (Wildman–Crippen MR) is 58.9 cm³/mol. The maximum absolute atomic E-state index is 10.7. The van der Waals surface area contributed by atoms with E-state index >= 15 is 0 Å². The molecule has 94 valence electrons. The lowest BCUT2D eigenvalue weighted by Crippen LogP contribution is -2.09. The van der Waals surface area contributed by atoms with Crippen LogP contribution in [0.2, 0.25) is 0 Å². The third-order valence-electron chi connectivity index (χ3n) is 1.14. The second kappa shape index (κ2) is 11.7. The fourth-order valence-electron chi connectivity index (χ4n) is 0.670. The van der Waals surface area contributed by atoms with Crippen molar-refractivity contribution in [2.75, 3.05) is 13.2 Å². The first-order valence-electron chi connectivity index (χ1n) is 5.22. The highest BCUT2D eigenvalue weighted by Gasteiger charge is 2.06. The molecular formula is C11H20O5. The van der Waals surface area contributed by atoms with E-state index in [1.165, 1.54) is 13.8 Å². The summed E-state index contributed by atoms with van der Waals surface area (Å²) in [6.07, 6.45) is 0.208. The van der Waals surface area contributed by atoms with Crippen LogP contribution in [0.4, 0.5) is 0 Å². The monoisotopic (exact) mass is 232 g/mol. The van der Waals surface area contributed by atoms with Crippen molar-refractivity contribution in [3.8, 4) is 0 Å². The average molecular weight is 232 g/mol. The van der Waals surface area contributed by atoms with Gasteiger partial charge >= 0.3 is 11.9 Å². The number of carbonyl (C=O) groups excluding carboxylic acids is 3. The van der Waals surface area contributed by atoms with Gasteiger partial charge in [-0.2, -0.15) is 0 Å². The summed E-state index contributed by atoms with van der Waals surface area (Å²) < 4.78 is 9.25. The minimum absolute atomic E-state index is 0.104. The molecule has 0 saturated carbocycles. The maximum atomic E-state index is 10.7. The zero-order valence-corrected chi connectivity index (χ0v) is 10.4. The largest absolute Gasteiger partial charge is 0.466 e. The van der Waals surface area contributed by atoms with E-state index in [1.807, 2.05) is 0 Å². The summed E-state index contributed by atoms with van der Waals surface area (Å²) in [6, 6.07) is 0. The molecule has 0 bridgehead atoms. The van der Waals surface area contributed by atoms with E-state index in [9.17, 15) is 14.4 Å². The first-order chi connectivity index (χ1) is 7.43. The van der Waals surface area contributed by atoms with Crippen molar-refractivity contribution in [1.29, 1.82) is 0 Å². The van der Waals surface area contributed by atoms with Crippen LogP contribution in [0.15, 0.2) is 0 Å². The molecule has 0 aliphatic heterocycles. The van der Waals surface area contributed by atoms with Gasteiger partial charge in [-0.25, -0.2) is 0 Å². The Hall–Kier alpha value is -1.39. The highest BCUT2D eigenvalue weighted by Crippen LogP contribution is 1.95. The van der Waals surface area contributed by atoms with Gasteiger partial charge in [0.05, 0.1) is 26.1 Å². The van der Waals surface area contributed by atoms with Gasteiger partial charge in [0.25, 0.3) is 0 Å². The van der Waals surface area contributed by atoms with Gasteiger partial charge in [-0.05, 0) is 27.7 Å². The normalized spacial score (nSPS) is 8.50. The predicted octanol–water partition coefficient (Wildman–Crippen LogP) is 1.49. The number of hydrogen-bond donors (Lipinski definition) is 0. The van der Waals surface area contributed by atoms with Crippen LogP contribution in [0, 0.1) is 0 Å². The SMILES string of the molecule is CC(C)=O.CCOC(=O)CCC(=O)OCC. The molecule has 5 nitrogen and oxygen atoms in total. The minimum atomic E-state index is -0.356. The van der Waals surface area contributed by atoms with E-state index in [2.05, 4.69) is 9.47 Å². The second-order valence-corrected chi connectivity index (χ2v) is 3.02. The molecule has 0 amide bonds. The van der Waals surface area contributed by atoms with E-state index in [0.717, 1.165) is 0 Å². The van der Waals surface area contributed by atoms with Crippen molar-refractivity contribution >= 4 is 17.7 Å². The van der Waals surface area contributed by atoms with Gasteiger partial charge < -0.3 is 14.3 Å². The zero-order valence-electron chi connectivity index (χ0n) is 10.4. The molecule has 0 rings (SSSR count). The second-order valence-electron chi connectivity index (χ2n) is 3.02. The molecule has 0 spiro atoms. The number of ether oxygens (including phenoxy) is 2. The number of ketones is 1. The quantitative estimate of drug-likeness (QED) is 0.671.